The predicted octanol–water partition coefficient (Wildman–Crippen LogP) is 3.77. The van der Waals surface area contributed by atoms with Gasteiger partial charge in [0.05, 0.1) is 23.7 Å². The number of hydrogen-bond acceptors (Lipinski definition) is 5. The molecule has 1 rings (SSSR count). The number of ketones is 1. The van der Waals surface area contributed by atoms with Crippen molar-refractivity contribution in [2.75, 3.05) is 13.2 Å². The fourth-order valence-corrected chi connectivity index (χ4v) is 1.76. The fraction of sp³-hybridized carbons (Fsp3) is 0.533. The molecule has 0 saturated heterocycles. The summed E-state index contributed by atoms with van der Waals surface area (Å²) in [4.78, 5) is 22.6. The van der Waals surface area contributed by atoms with Gasteiger partial charge in [-0.1, -0.05) is 20.8 Å². The minimum absolute atomic E-state index is 0.139. The van der Waals surface area contributed by atoms with Crippen LogP contribution in [-0.4, -0.2) is 23.9 Å². The normalized spacial score (nSPS) is 10.2. The van der Waals surface area contributed by atoms with Crippen molar-refractivity contribution in [1.29, 1.82) is 0 Å². The number of rotatable bonds is 9. The Hall–Kier alpha value is -2.11. The van der Waals surface area contributed by atoms with Gasteiger partial charge in [0.2, 0.25) is 5.75 Å². The van der Waals surface area contributed by atoms with Gasteiger partial charge in [0.25, 0.3) is 0 Å². The minimum Gasteiger partial charge on any atom is -0.493 e. The van der Waals surface area contributed by atoms with Gasteiger partial charge in [-0.25, -0.2) is 0 Å². The molecule has 0 aliphatic rings. The predicted molar refractivity (Wildman–Crippen MR) is 79.3 cm³/mol. The highest BCUT2D eigenvalue weighted by atomic mass is 16.6. The quantitative estimate of drug-likeness (QED) is 0.393. The molecule has 21 heavy (non-hydrogen) atoms. The first-order valence-electron chi connectivity index (χ1n) is 7.16. The van der Waals surface area contributed by atoms with Crippen LogP contribution in [0.1, 0.15) is 50.4 Å². The second-order valence-corrected chi connectivity index (χ2v) is 4.55. The van der Waals surface area contributed by atoms with E-state index in [4.69, 9.17) is 9.47 Å². The Morgan fingerprint density at radius 2 is 1.67 bits per heavy atom. The van der Waals surface area contributed by atoms with Gasteiger partial charge in [-0.15, -0.1) is 0 Å². The maximum absolute atomic E-state index is 12.0. The number of carbonyl (C=O) groups is 1. The number of carbonyl (C=O) groups excluding carboxylic acids is 1. The largest absolute Gasteiger partial charge is 0.493 e. The number of nitro groups is 1. The Labute approximate surface area is 124 Å². The summed E-state index contributed by atoms with van der Waals surface area (Å²) < 4.78 is 10.9. The van der Waals surface area contributed by atoms with E-state index in [9.17, 15) is 14.9 Å². The van der Waals surface area contributed by atoms with Crippen LogP contribution in [0.4, 0.5) is 5.69 Å². The van der Waals surface area contributed by atoms with E-state index in [1.54, 1.807) is 6.92 Å². The third kappa shape index (κ3) is 4.44. The zero-order chi connectivity index (χ0) is 15.8. The molecule has 0 unspecified atom stereocenters. The highest BCUT2D eigenvalue weighted by molar-refractivity contribution is 5.99. The summed E-state index contributed by atoms with van der Waals surface area (Å²) in [5, 5.41) is 11.1. The summed E-state index contributed by atoms with van der Waals surface area (Å²) in [6.07, 6.45) is 1.77. The van der Waals surface area contributed by atoms with E-state index >= 15 is 0 Å². The maximum atomic E-state index is 12.0. The number of nitro benzene ring substituents is 1. The summed E-state index contributed by atoms with van der Waals surface area (Å²) >= 11 is 0. The summed E-state index contributed by atoms with van der Waals surface area (Å²) in [6.45, 7) is 6.37. The molecule has 0 N–H and O–H groups in total. The van der Waals surface area contributed by atoms with Gasteiger partial charge in [0, 0.05) is 18.6 Å². The molecule has 0 spiro atoms. The SMILES string of the molecule is CCCOc1cc(OCCC)c([N+](=O)[O-])cc1C(=O)CC. The van der Waals surface area contributed by atoms with E-state index in [0.29, 0.717) is 19.0 Å². The van der Waals surface area contributed by atoms with Crippen molar-refractivity contribution >= 4 is 11.5 Å². The zero-order valence-electron chi connectivity index (χ0n) is 12.7. The Bertz CT molecular complexity index is 513. The number of benzene rings is 1. The first kappa shape index (κ1) is 16.9. The van der Waals surface area contributed by atoms with Crippen LogP contribution in [0.2, 0.25) is 0 Å². The molecule has 0 aliphatic carbocycles. The summed E-state index contributed by atoms with van der Waals surface area (Å²) in [7, 11) is 0. The Balaban J connectivity index is 3.30. The highest BCUT2D eigenvalue weighted by Crippen LogP contribution is 2.35. The lowest BCUT2D eigenvalue weighted by Crippen LogP contribution is -2.07. The molecule has 0 radical (unpaired) electrons. The molecule has 0 fully saturated rings. The lowest BCUT2D eigenvalue weighted by atomic mass is 10.1. The average molecular weight is 295 g/mol. The van der Waals surface area contributed by atoms with E-state index in [1.807, 2.05) is 13.8 Å². The minimum atomic E-state index is -0.541. The van der Waals surface area contributed by atoms with E-state index in [-0.39, 0.29) is 29.2 Å². The molecule has 116 valence electrons. The topological polar surface area (TPSA) is 78.7 Å². The van der Waals surface area contributed by atoms with Crippen molar-refractivity contribution in [2.45, 2.75) is 40.0 Å². The van der Waals surface area contributed by atoms with Crippen molar-refractivity contribution in [3.8, 4) is 11.5 Å². The molecule has 0 heterocycles. The maximum Gasteiger partial charge on any atom is 0.311 e. The molecule has 0 aromatic heterocycles. The molecular formula is C15H21NO5. The second kappa shape index (κ2) is 8.24. The van der Waals surface area contributed by atoms with Crippen LogP contribution in [0.25, 0.3) is 0 Å². The van der Waals surface area contributed by atoms with Crippen molar-refractivity contribution in [3.05, 3.63) is 27.8 Å². The van der Waals surface area contributed by atoms with Crippen LogP contribution in [-0.2, 0) is 0 Å². The first-order valence-corrected chi connectivity index (χ1v) is 7.16. The average Bonchev–Trinajstić information content (AvgIpc) is 2.49. The zero-order valence-corrected chi connectivity index (χ0v) is 12.7. The third-order valence-corrected chi connectivity index (χ3v) is 2.80. The van der Waals surface area contributed by atoms with Gasteiger partial charge in [-0.05, 0) is 12.8 Å². The molecule has 0 saturated carbocycles. The third-order valence-electron chi connectivity index (χ3n) is 2.80. The number of nitrogens with zero attached hydrogens (tertiary/aromatic N) is 1. The molecule has 0 bridgehead atoms. The van der Waals surface area contributed by atoms with E-state index < -0.39 is 4.92 Å². The van der Waals surface area contributed by atoms with Crippen LogP contribution in [0.15, 0.2) is 12.1 Å². The lowest BCUT2D eigenvalue weighted by molar-refractivity contribution is -0.385. The first-order chi connectivity index (χ1) is 10.0. The lowest BCUT2D eigenvalue weighted by Gasteiger charge is -2.13. The Kier molecular flexibility index (Phi) is 6.65. The molecule has 6 heteroatoms. The Morgan fingerprint density at radius 1 is 1.10 bits per heavy atom. The summed E-state index contributed by atoms with van der Waals surface area (Å²) in [6, 6.07) is 2.70. The van der Waals surface area contributed by atoms with E-state index in [2.05, 4.69) is 0 Å². The van der Waals surface area contributed by atoms with Crippen LogP contribution in [0.5, 0.6) is 11.5 Å². The van der Waals surface area contributed by atoms with Gasteiger partial charge in [-0.2, -0.15) is 0 Å². The molecule has 1 aromatic carbocycles. The van der Waals surface area contributed by atoms with Gasteiger partial charge >= 0.3 is 5.69 Å². The Morgan fingerprint density at radius 3 is 2.14 bits per heavy atom. The second-order valence-electron chi connectivity index (χ2n) is 4.55. The smallest absolute Gasteiger partial charge is 0.311 e. The van der Waals surface area contributed by atoms with Crippen LogP contribution in [0, 0.1) is 10.1 Å². The van der Waals surface area contributed by atoms with Crippen LogP contribution < -0.4 is 9.47 Å². The van der Waals surface area contributed by atoms with Crippen LogP contribution >= 0.6 is 0 Å². The molecule has 0 aliphatic heterocycles. The molecule has 0 amide bonds. The number of hydrogen-bond donors (Lipinski definition) is 0. The monoisotopic (exact) mass is 295 g/mol. The van der Waals surface area contributed by atoms with Gasteiger partial charge in [0.1, 0.15) is 5.75 Å². The van der Waals surface area contributed by atoms with Gasteiger partial charge < -0.3 is 9.47 Å². The van der Waals surface area contributed by atoms with Crippen molar-refractivity contribution < 1.29 is 19.2 Å². The van der Waals surface area contributed by atoms with Gasteiger partial charge in [-0.3, -0.25) is 14.9 Å². The van der Waals surface area contributed by atoms with Crippen molar-refractivity contribution in [3.63, 3.8) is 0 Å². The van der Waals surface area contributed by atoms with E-state index in [0.717, 1.165) is 12.8 Å². The molecule has 1 aromatic rings. The van der Waals surface area contributed by atoms with Gasteiger partial charge in [0.15, 0.2) is 5.78 Å². The number of Topliss-reactive ketones (excluding diaryl/α,β-unsaturated/α-hetero) is 1. The highest BCUT2D eigenvalue weighted by Gasteiger charge is 2.23. The summed E-state index contributed by atoms with van der Waals surface area (Å²) in [5.74, 6) is 0.298. The van der Waals surface area contributed by atoms with Crippen molar-refractivity contribution in [2.24, 2.45) is 0 Å². The van der Waals surface area contributed by atoms with Crippen molar-refractivity contribution in [1.82, 2.24) is 0 Å². The fourth-order valence-electron chi connectivity index (χ4n) is 1.76. The molecule has 6 nitrogen and oxygen atoms in total. The molecular weight excluding hydrogens is 274 g/mol. The summed E-state index contributed by atoms with van der Waals surface area (Å²) in [5.41, 5.74) is 0.0330. The van der Waals surface area contributed by atoms with E-state index in [1.165, 1.54) is 12.1 Å². The molecule has 0 atom stereocenters. The van der Waals surface area contributed by atoms with Crippen LogP contribution in [0.3, 0.4) is 0 Å². The number of ether oxygens (including phenoxy) is 2. The standard InChI is InChI=1S/C15H21NO5/c1-4-7-20-14-10-15(21-8-5-2)12(16(18)19)9-11(14)13(17)6-3/h9-10H,4-8H2,1-3H3.